The lowest BCUT2D eigenvalue weighted by molar-refractivity contribution is -0.134. The second-order valence-electron chi connectivity index (χ2n) is 8.89. The van der Waals surface area contributed by atoms with Crippen LogP contribution in [0.3, 0.4) is 0 Å². The highest BCUT2D eigenvalue weighted by atomic mass is 79.9. The van der Waals surface area contributed by atoms with Crippen LogP contribution in [-0.4, -0.2) is 38.2 Å². The summed E-state index contributed by atoms with van der Waals surface area (Å²) in [5, 5.41) is 2.86. The molecule has 1 heterocycles. The van der Waals surface area contributed by atoms with Crippen LogP contribution in [0, 0.1) is 5.92 Å². The Hall–Kier alpha value is -2.88. The number of aryl methyl sites for hydroxylation is 1. The van der Waals surface area contributed by atoms with Gasteiger partial charge in [-0.25, -0.2) is 8.42 Å². The fraction of sp³-hybridized carbons (Fsp3) is 0.259. The largest absolute Gasteiger partial charge is 0.343 e. The number of likely N-dealkylation sites (tertiary alicyclic amines) is 1. The van der Waals surface area contributed by atoms with E-state index in [9.17, 15) is 18.0 Å². The van der Waals surface area contributed by atoms with Gasteiger partial charge in [0.15, 0.2) is 0 Å². The summed E-state index contributed by atoms with van der Waals surface area (Å²) in [5.74, 6) is -0.383. The molecule has 2 N–H and O–H groups in total. The zero-order valence-electron chi connectivity index (χ0n) is 20.0. The average Bonchev–Trinajstić information content (AvgIpc) is 2.90. The van der Waals surface area contributed by atoms with Crippen molar-refractivity contribution in [3.8, 4) is 0 Å². The van der Waals surface area contributed by atoms with E-state index in [-0.39, 0.29) is 27.7 Å². The smallest absolute Gasteiger partial charge is 0.263 e. The van der Waals surface area contributed by atoms with E-state index in [1.807, 2.05) is 35.2 Å². The van der Waals surface area contributed by atoms with Crippen LogP contribution in [-0.2, 0) is 26.0 Å². The zero-order chi connectivity index (χ0) is 26.4. The Morgan fingerprint density at radius 1 is 0.946 bits per heavy atom. The van der Waals surface area contributed by atoms with Crippen LogP contribution < -0.4 is 10.0 Å². The Morgan fingerprint density at radius 3 is 2.27 bits per heavy atom. The predicted octanol–water partition coefficient (Wildman–Crippen LogP) is 5.71. The third kappa shape index (κ3) is 7.34. The van der Waals surface area contributed by atoms with Gasteiger partial charge in [-0.1, -0.05) is 57.9 Å². The molecule has 10 heteroatoms. The van der Waals surface area contributed by atoms with Crippen LogP contribution in [0.25, 0.3) is 0 Å². The van der Waals surface area contributed by atoms with Gasteiger partial charge in [0.05, 0.1) is 5.02 Å². The minimum atomic E-state index is -3.98. The van der Waals surface area contributed by atoms with Gasteiger partial charge in [-0.05, 0) is 67.3 Å². The number of hydrogen-bond donors (Lipinski definition) is 2. The van der Waals surface area contributed by atoms with E-state index in [4.69, 9.17) is 11.6 Å². The Kier molecular flexibility index (Phi) is 8.89. The summed E-state index contributed by atoms with van der Waals surface area (Å²) in [6, 6.07) is 20.9. The van der Waals surface area contributed by atoms with Gasteiger partial charge < -0.3 is 10.2 Å². The van der Waals surface area contributed by atoms with E-state index in [1.165, 1.54) is 12.1 Å². The van der Waals surface area contributed by atoms with Gasteiger partial charge in [-0.3, -0.25) is 14.3 Å². The van der Waals surface area contributed by atoms with Crippen molar-refractivity contribution in [2.75, 3.05) is 23.1 Å². The third-order valence-electron chi connectivity index (χ3n) is 6.27. The van der Waals surface area contributed by atoms with Crippen molar-refractivity contribution in [2.24, 2.45) is 5.92 Å². The molecule has 0 radical (unpaired) electrons. The SMILES string of the molecule is O=C(Nc1ccc(Cl)c(S(=O)(=O)Nc2ccc(Br)cc2)c1)C1CCN(C(=O)CCc2ccccc2)CC1. The number of hydrogen-bond acceptors (Lipinski definition) is 4. The maximum Gasteiger partial charge on any atom is 0.263 e. The van der Waals surface area contributed by atoms with Crippen molar-refractivity contribution >= 4 is 60.7 Å². The summed E-state index contributed by atoms with van der Waals surface area (Å²) in [6.45, 7) is 1.03. The Bertz CT molecular complexity index is 1360. The first-order valence-corrected chi connectivity index (χ1v) is 14.6. The highest BCUT2D eigenvalue weighted by molar-refractivity contribution is 9.10. The number of benzene rings is 3. The summed E-state index contributed by atoms with van der Waals surface area (Å²) in [5.41, 5.74) is 1.85. The second kappa shape index (κ2) is 12.1. The number of carbonyl (C=O) groups excluding carboxylic acids is 2. The molecule has 0 saturated carbocycles. The second-order valence-corrected chi connectivity index (χ2v) is 11.9. The van der Waals surface area contributed by atoms with E-state index < -0.39 is 10.0 Å². The Morgan fingerprint density at radius 2 is 1.59 bits per heavy atom. The predicted molar refractivity (Wildman–Crippen MR) is 149 cm³/mol. The van der Waals surface area contributed by atoms with Gasteiger partial charge in [0.1, 0.15) is 4.90 Å². The van der Waals surface area contributed by atoms with E-state index >= 15 is 0 Å². The molecule has 0 atom stereocenters. The van der Waals surface area contributed by atoms with E-state index in [2.05, 4.69) is 26.0 Å². The van der Waals surface area contributed by atoms with Gasteiger partial charge in [-0.15, -0.1) is 0 Å². The molecule has 1 aliphatic rings. The van der Waals surface area contributed by atoms with E-state index in [1.54, 1.807) is 30.3 Å². The Labute approximate surface area is 230 Å². The standard InChI is InChI=1S/C27H27BrClN3O4S/c28-21-7-9-22(10-8-21)31-37(35,36)25-18-23(11-12-24(25)29)30-27(34)20-14-16-32(17-15-20)26(33)13-6-19-4-2-1-3-5-19/h1-5,7-12,18,20,31H,6,13-17H2,(H,30,34). The lowest BCUT2D eigenvalue weighted by Crippen LogP contribution is -2.41. The quantitative estimate of drug-likeness (QED) is 0.344. The third-order valence-corrected chi connectivity index (χ3v) is 8.67. The zero-order valence-corrected chi connectivity index (χ0v) is 23.2. The molecule has 0 aromatic heterocycles. The van der Waals surface area contributed by atoms with Crippen molar-refractivity contribution in [1.29, 1.82) is 0 Å². The van der Waals surface area contributed by atoms with Crippen molar-refractivity contribution in [3.05, 3.63) is 87.9 Å². The molecule has 1 aliphatic heterocycles. The highest BCUT2D eigenvalue weighted by Gasteiger charge is 2.28. The maximum absolute atomic E-state index is 12.9. The van der Waals surface area contributed by atoms with Crippen LogP contribution >= 0.6 is 27.5 Å². The maximum atomic E-state index is 12.9. The lowest BCUT2D eigenvalue weighted by Gasteiger charge is -2.31. The summed E-state index contributed by atoms with van der Waals surface area (Å²) >= 11 is 9.51. The molecule has 0 spiro atoms. The summed E-state index contributed by atoms with van der Waals surface area (Å²) in [7, 11) is -3.98. The van der Waals surface area contributed by atoms with Crippen molar-refractivity contribution in [1.82, 2.24) is 4.90 Å². The normalized spacial score (nSPS) is 14.3. The molecule has 0 unspecified atom stereocenters. The molecule has 37 heavy (non-hydrogen) atoms. The van der Waals surface area contributed by atoms with Gasteiger partial charge in [0.2, 0.25) is 11.8 Å². The topological polar surface area (TPSA) is 95.6 Å². The van der Waals surface area contributed by atoms with Crippen LogP contribution in [0.15, 0.2) is 82.2 Å². The molecule has 4 rings (SSSR count). The van der Waals surface area contributed by atoms with Crippen LogP contribution in [0.2, 0.25) is 5.02 Å². The van der Waals surface area contributed by atoms with Crippen molar-refractivity contribution < 1.29 is 18.0 Å². The van der Waals surface area contributed by atoms with Crippen molar-refractivity contribution in [3.63, 3.8) is 0 Å². The number of sulfonamides is 1. The van der Waals surface area contributed by atoms with Gasteiger partial charge in [0, 0.05) is 41.3 Å². The number of halogens is 2. The molecule has 194 valence electrons. The first-order valence-electron chi connectivity index (χ1n) is 11.9. The van der Waals surface area contributed by atoms with Crippen LogP contribution in [0.1, 0.15) is 24.8 Å². The Balaban J connectivity index is 1.33. The fourth-order valence-electron chi connectivity index (χ4n) is 4.20. The van der Waals surface area contributed by atoms with Gasteiger partial charge >= 0.3 is 0 Å². The summed E-state index contributed by atoms with van der Waals surface area (Å²) < 4.78 is 29.2. The first-order chi connectivity index (χ1) is 17.7. The number of nitrogens with one attached hydrogen (secondary N) is 2. The van der Waals surface area contributed by atoms with Crippen LogP contribution in [0.4, 0.5) is 11.4 Å². The molecule has 3 aromatic carbocycles. The van der Waals surface area contributed by atoms with Crippen LogP contribution in [0.5, 0.6) is 0 Å². The molecule has 2 amide bonds. The highest BCUT2D eigenvalue weighted by Crippen LogP contribution is 2.28. The number of carbonyl (C=O) groups is 2. The molecule has 3 aromatic rings. The molecule has 1 fully saturated rings. The van der Waals surface area contributed by atoms with Crippen molar-refractivity contribution in [2.45, 2.75) is 30.6 Å². The number of piperidine rings is 1. The molecular formula is C27H27BrClN3O4S. The molecule has 0 bridgehead atoms. The van der Waals surface area contributed by atoms with E-state index in [0.717, 1.165) is 10.0 Å². The lowest BCUT2D eigenvalue weighted by atomic mass is 9.95. The van der Waals surface area contributed by atoms with Gasteiger partial charge in [0.25, 0.3) is 10.0 Å². The van der Waals surface area contributed by atoms with Gasteiger partial charge in [-0.2, -0.15) is 0 Å². The molecular weight excluding hydrogens is 578 g/mol. The first kappa shape index (κ1) is 27.2. The number of rotatable bonds is 8. The number of nitrogens with zero attached hydrogens (tertiary/aromatic N) is 1. The summed E-state index contributed by atoms with van der Waals surface area (Å²) in [6.07, 6.45) is 2.23. The molecule has 1 saturated heterocycles. The minimum absolute atomic E-state index is 0.0462. The monoisotopic (exact) mass is 603 g/mol. The summed E-state index contributed by atoms with van der Waals surface area (Å²) in [4.78, 5) is 27.2. The number of amides is 2. The molecule has 0 aliphatic carbocycles. The fourth-order valence-corrected chi connectivity index (χ4v) is 6.05. The minimum Gasteiger partial charge on any atom is -0.343 e. The van der Waals surface area contributed by atoms with E-state index in [0.29, 0.717) is 50.1 Å². The molecule has 7 nitrogen and oxygen atoms in total. The average molecular weight is 605 g/mol. The number of anilines is 2.